The van der Waals surface area contributed by atoms with Crippen molar-refractivity contribution in [1.82, 2.24) is 9.88 Å². The van der Waals surface area contributed by atoms with Gasteiger partial charge in [0.25, 0.3) is 5.91 Å². The Morgan fingerprint density at radius 3 is 2.57 bits per heavy atom. The highest BCUT2D eigenvalue weighted by atomic mass is 32.1. The number of hydrogen-bond donors (Lipinski definition) is 1. The first-order chi connectivity index (χ1) is 17.0. The number of unbranched alkanes of at least 4 members (excludes halogenated alkanes) is 1. The summed E-state index contributed by atoms with van der Waals surface area (Å²) in [4.78, 5) is 26.2. The maximum Gasteiger partial charge on any atom is 0.312 e. The normalized spacial score (nSPS) is 10.8. The molecule has 0 spiro atoms. The summed E-state index contributed by atoms with van der Waals surface area (Å²) in [6, 6.07) is 21.9. The average molecular weight is 491 g/mol. The van der Waals surface area contributed by atoms with Gasteiger partial charge in [0.2, 0.25) is 0 Å². The number of rotatable bonds is 9. The fourth-order valence-electron chi connectivity index (χ4n) is 4.11. The monoisotopic (exact) mass is 490 g/mol. The first-order valence-corrected chi connectivity index (χ1v) is 12.3. The Bertz CT molecular complexity index is 1380. The van der Waals surface area contributed by atoms with Gasteiger partial charge >= 0.3 is 4.87 Å². The lowest BCUT2D eigenvalue weighted by molar-refractivity contribution is 0.0953. The van der Waals surface area contributed by atoms with Crippen molar-refractivity contribution in [2.75, 3.05) is 13.7 Å². The maximum absolute atomic E-state index is 14.4. The number of nitrogens with zero attached hydrogens (tertiary/aromatic N) is 1. The molecule has 0 saturated heterocycles. The second-order valence-corrected chi connectivity index (χ2v) is 9.35. The van der Waals surface area contributed by atoms with Crippen LogP contribution in [-0.2, 0) is 6.42 Å². The van der Waals surface area contributed by atoms with E-state index in [4.69, 9.17) is 4.74 Å². The van der Waals surface area contributed by atoms with Gasteiger partial charge < -0.3 is 10.1 Å². The highest BCUT2D eigenvalue weighted by Crippen LogP contribution is 2.33. The predicted octanol–water partition coefficient (Wildman–Crippen LogP) is 5.77. The largest absolute Gasteiger partial charge is 0.492 e. The third-order valence-corrected chi connectivity index (χ3v) is 6.65. The molecule has 3 aromatic carbocycles. The minimum absolute atomic E-state index is 0.00181. The van der Waals surface area contributed by atoms with Gasteiger partial charge in [0.1, 0.15) is 0 Å². The van der Waals surface area contributed by atoms with Gasteiger partial charge in [-0.15, -0.1) is 0 Å². The molecule has 0 aliphatic carbocycles. The van der Waals surface area contributed by atoms with Crippen molar-refractivity contribution in [2.45, 2.75) is 26.2 Å². The second-order valence-electron chi connectivity index (χ2n) is 8.18. The zero-order valence-electron chi connectivity index (χ0n) is 19.7. The van der Waals surface area contributed by atoms with Crippen molar-refractivity contribution in [3.63, 3.8) is 0 Å². The first-order valence-electron chi connectivity index (χ1n) is 11.5. The number of methoxy groups -OCH3 is 1. The van der Waals surface area contributed by atoms with Crippen LogP contribution in [0.2, 0.25) is 0 Å². The fourth-order valence-corrected chi connectivity index (χ4v) is 4.96. The molecule has 0 radical (unpaired) electrons. The van der Waals surface area contributed by atoms with Crippen LogP contribution in [0.4, 0.5) is 4.39 Å². The van der Waals surface area contributed by atoms with Gasteiger partial charge in [0, 0.05) is 22.5 Å². The summed E-state index contributed by atoms with van der Waals surface area (Å²) >= 11 is 1.07. The molecule has 1 N–H and O–H groups in total. The second kappa shape index (κ2) is 11.1. The number of benzene rings is 3. The Kier molecular flexibility index (Phi) is 7.77. The number of hydrogen-bond acceptors (Lipinski definition) is 4. The lowest BCUT2D eigenvalue weighted by atomic mass is 10.1. The third kappa shape index (κ3) is 5.52. The van der Waals surface area contributed by atoms with Crippen LogP contribution < -0.4 is 14.9 Å². The van der Waals surface area contributed by atoms with E-state index in [1.54, 1.807) is 24.3 Å². The standard InChI is InChI=1S/C28H27FN2O3S/c1-19-25(31(28(33)35-19)24-16-9-15-23(29)26(24)34-2)21-13-8-14-22(18-21)27(32)30-17-7-6-12-20-10-4-3-5-11-20/h3-5,8-11,13-16,18H,6-7,12,17H2,1-2H3,(H,30,32). The van der Waals surface area contributed by atoms with Gasteiger partial charge in [0.15, 0.2) is 11.6 Å². The molecule has 0 saturated carbocycles. The van der Waals surface area contributed by atoms with Crippen LogP contribution >= 0.6 is 11.3 Å². The van der Waals surface area contributed by atoms with Crippen LogP contribution in [0, 0.1) is 12.7 Å². The summed E-state index contributed by atoms with van der Waals surface area (Å²) < 4.78 is 21.1. The Morgan fingerprint density at radius 2 is 1.80 bits per heavy atom. The minimum atomic E-state index is -0.549. The van der Waals surface area contributed by atoms with Crippen LogP contribution in [0.3, 0.4) is 0 Å². The van der Waals surface area contributed by atoms with Crippen molar-refractivity contribution in [2.24, 2.45) is 0 Å². The van der Waals surface area contributed by atoms with Crippen molar-refractivity contribution in [1.29, 1.82) is 0 Å². The van der Waals surface area contributed by atoms with E-state index in [1.807, 2.05) is 31.2 Å². The van der Waals surface area contributed by atoms with Crippen molar-refractivity contribution in [3.05, 3.63) is 104 Å². The summed E-state index contributed by atoms with van der Waals surface area (Å²) in [5, 5.41) is 2.98. The van der Waals surface area contributed by atoms with E-state index < -0.39 is 5.82 Å². The molecule has 4 aromatic rings. The van der Waals surface area contributed by atoms with Crippen molar-refractivity contribution < 1.29 is 13.9 Å². The number of para-hydroxylation sites is 1. The van der Waals surface area contributed by atoms with E-state index in [0.29, 0.717) is 29.1 Å². The summed E-state index contributed by atoms with van der Waals surface area (Å²) in [7, 11) is 1.37. The van der Waals surface area contributed by atoms with Gasteiger partial charge in [-0.2, -0.15) is 0 Å². The molecular formula is C28H27FN2O3S. The SMILES string of the molecule is COc1c(F)cccc1-n1c(-c2cccc(C(=O)NCCCCc3ccccc3)c2)c(C)sc1=O. The first kappa shape index (κ1) is 24.4. The highest BCUT2D eigenvalue weighted by molar-refractivity contribution is 7.09. The van der Waals surface area contributed by atoms with E-state index in [1.165, 1.54) is 29.4 Å². The molecule has 180 valence electrons. The Balaban J connectivity index is 1.52. The molecule has 0 aliphatic rings. The number of carbonyl (C=O) groups is 1. The number of nitrogens with one attached hydrogen (secondary N) is 1. The molecule has 0 aliphatic heterocycles. The zero-order chi connectivity index (χ0) is 24.8. The number of ether oxygens (including phenoxy) is 1. The summed E-state index contributed by atoms with van der Waals surface area (Å²) in [5.41, 5.74) is 3.43. The molecule has 1 heterocycles. The van der Waals surface area contributed by atoms with Gasteiger partial charge in [-0.05, 0) is 56.0 Å². The van der Waals surface area contributed by atoms with Crippen molar-refractivity contribution >= 4 is 17.2 Å². The molecule has 4 rings (SSSR count). The summed E-state index contributed by atoms with van der Waals surface area (Å²) in [6.45, 7) is 2.42. The Labute approximate surface area is 207 Å². The van der Waals surface area contributed by atoms with Gasteiger partial charge in [-0.1, -0.05) is 59.9 Å². The fraction of sp³-hybridized carbons (Fsp3) is 0.214. The topological polar surface area (TPSA) is 60.3 Å². The molecular weight excluding hydrogens is 463 g/mol. The maximum atomic E-state index is 14.4. The van der Waals surface area contributed by atoms with Gasteiger partial charge in [-0.25, -0.2) is 4.39 Å². The Hall–Kier alpha value is -3.71. The number of aryl methyl sites for hydroxylation is 2. The lowest BCUT2D eigenvalue weighted by Gasteiger charge is -2.14. The van der Waals surface area contributed by atoms with Crippen LogP contribution in [0.15, 0.2) is 77.6 Å². The molecule has 0 fully saturated rings. The van der Waals surface area contributed by atoms with Crippen LogP contribution in [0.5, 0.6) is 5.75 Å². The minimum Gasteiger partial charge on any atom is -0.492 e. The molecule has 7 heteroatoms. The number of halogens is 1. The molecule has 5 nitrogen and oxygen atoms in total. The lowest BCUT2D eigenvalue weighted by Crippen LogP contribution is -2.24. The van der Waals surface area contributed by atoms with E-state index in [0.717, 1.165) is 35.5 Å². The van der Waals surface area contributed by atoms with Gasteiger partial charge in [-0.3, -0.25) is 14.2 Å². The molecule has 0 unspecified atom stereocenters. The number of carbonyl (C=O) groups excluding carboxylic acids is 1. The van der Waals surface area contributed by atoms with E-state index >= 15 is 0 Å². The quantitative estimate of drug-likeness (QED) is 0.303. The Morgan fingerprint density at radius 1 is 1.03 bits per heavy atom. The molecule has 1 amide bonds. The summed E-state index contributed by atoms with van der Waals surface area (Å²) in [6.07, 6.45) is 2.84. The van der Waals surface area contributed by atoms with Gasteiger partial charge in [0.05, 0.1) is 18.5 Å². The van der Waals surface area contributed by atoms with Crippen LogP contribution in [0.1, 0.15) is 33.6 Å². The van der Waals surface area contributed by atoms with Crippen molar-refractivity contribution in [3.8, 4) is 22.7 Å². The zero-order valence-corrected chi connectivity index (χ0v) is 20.5. The third-order valence-electron chi connectivity index (χ3n) is 5.79. The number of amides is 1. The van der Waals surface area contributed by atoms with E-state index in [-0.39, 0.29) is 16.5 Å². The van der Waals surface area contributed by atoms with E-state index in [2.05, 4.69) is 17.4 Å². The van der Waals surface area contributed by atoms with E-state index in [9.17, 15) is 14.0 Å². The molecule has 35 heavy (non-hydrogen) atoms. The number of thiazole rings is 1. The highest BCUT2D eigenvalue weighted by Gasteiger charge is 2.20. The summed E-state index contributed by atoms with van der Waals surface area (Å²) in [5.74, 6) is -0.721. The van der Waals surface area contributed by atoms with Crippen LogP contribution in [-0.4, -0.2) is 24.1 Å². The molecule has 0 atom stereocenters. The average Bonchev–Trinajstić information content (AvgIpc) is 3.17. The molecule has 0 bridgehead atoms. The predicted molar refractivity (Wildman–Crippen MR) is 138 cm³/mol. The smallest absolute Gasteiger partial charge is 0.312 e. The van der Waals surface area contributed by atoms with Crippen LogP contribution in [0.25, 0.3) is 16.9 Å². The number of aromatic nitrogens is 1. The molecule has 1 aromatic heterocycles.